The van der Waals surface area contributed by atoms with Crippen LogP contribution in [0.1, 0.15) is 55.4 Å². The molecule has 2 aromatic rings. The maximum absolute atomic E-state index is 12.4. The van der Waals surface area contributed by atoms with Gasteiger partial charge in [-0.05, 0) is 25.0 Å². The van der Waals surface area contributed by atoms with Crippen LogP contribution in [-0.2, 0) is 0 Å². The summed E-state index contributed by atoms with van der Waals surface area (Å²) in [6, 6.07) is 6.11. The van der Waals surface area contributed by atoms with Crippen LogP contribution in [-0.4, -0.2) is 21.9 Å². The fourth-order valence-electron chi connectivity index (χ4n) is 3.09. The van der Waals surface area contributed by atoms with Crippen LogP contribution in [0.5, 0.6) is 0 Å². The Morgan fingerprint density at radius 1 is 1.14 bits per heavy atom. The van der Waals surface area contributed by atoms with Crippen LogP contribution in [0.2, 0.25) is 0 Å². The van der Waals surface area contributed by atoms with Crippen LogP contribution in [0, 0.1) is 0 Å². The van der Waals surface area contributed by atoms with E-state index >= 15 is 0 Å². The molecule has 0 atom stereocenters. The zero-order valence-corrected chi connectivity index (χ0v) is 12.8. The fourth-order valence-corrected chi connectivity index (χ4v) is 3.09. The highest BCUT2D eigenvalue weighted by Crippen LogP contribution is 2.20. The Balaban J connectivity index is 1.64. The summed E-state index contributed by atoms with van der Waals surface area (Å²) in [5.41, 5.74) is 2.64. The van der Waals surface area contributed by atoms with Crippen molar-refractivity contribution in [3.8, 4) is 11.1 Å². The Labute approximate surface area is 131 Å². The van der Waals surface area contributed by atoms with Gasteiger partial charge >= 0.3 is 0 Å². The number of hydrogen-bond acceptors (Lipinski definition) is 2. The fraction of sp³-hybridized carbons (Fsp3) is 0.444. The number of nitrogens with one attached hydrogen (secondary N) is 2. The van der Waals surface area contributed by atoms with Gasteiger partial charge in [0.2, 0.25) is 0 Å². The molecule has 116 valence electrons. The molecule has 1 saturated carbocycles. The minimum Gasteiger partial charge on any atom is -0.357 e. The third-order valence-electron chi connectivity index (χ3n) is 4.36. The van der Waals surface area contributed by atoms with Crippen molar-refractivity contribution in [2.24, 2.45) is 0 Å². The summed E-state index contributed by atoms with van der Waals surface area (Å²) < 4.78 is 0. The van der Waals surface area contributed by atoms with Crippen molar-refractivity contribution in [2.75, 3.05) is 0 Å². The normalized spacial score (nSPS) is 16.7. The lowest BCUT2D eigenvalue weighted by Crippen LogP contribution is -2.35. The quantitative estimate of drug-likeness (QED) is 0.902. The molecule has 22 heavy (non-hydrogen) atoms. The van der Waals surface area contributed by atoms with E-state index in [0.717, 1.165) is 24.0 Å². The van der Waals surface area contributed by atoms with Gasteiger partial charge in [0, 0.05) is 35.8 Å². The molecule has 2 aromatic heterocycles. The van der Waals surface area contributed by atoms with Crippen molar-refractivity contribution in [3.05, 3.63) is 42.5 Å². The van der Waals surface area contributed by atoms with Gasteiger partial charge in [-0.15, -0.1) is 0 Å². The number of nitrogens with zero attached hydrogens (tertiary/aromatic N) is 1. The molecule has 0 aliphatic heterocycles. The number of hydrogen-bond donors (Lipinski definition) is 2. The summed E-state index contributed by atoms with van der Waals surface area (Å²) in [5, 5.41) is 3.18. The van der Waals surface area contributed by atoms with Crippen LogP contribution < -0.4 is 5.32 Å². The highest BCUT2D eigenvalue weighted by molar-refractivity contribution is 5.94. The molecule has 0 spiro atoms. The number of carbonyl (C=O) groups excluding carboxylic acids is 1. The second-order valence-corrected chi connectivity index (χ2v) is 6.06. The van der Waals surface area contributed by atoms with E-state index in [2.05, 4.69) is 15.3 Å². The Morgan fingerprint density at radius 2 is 1.91 bits per heavy atom. The van der Waals surface area contributed by atoms with Gasteiger partial charge in [-0.3, -0.25) is 9.78 Å². The van der Waals surface area contributed by atoms with Gasteiger partial charge in [-0.2, -0.15) is 0 Å². The maximum atomic E-state index is 12.4. The predicted molar refractivity (Wildman–Crippen MR) is 87.6 cm³/mol. The Morgan fingerprint density at radius 3 is 2.64 bits per heavy atom. The summed E-state index contributed by atoms with van der Waals surface area (Å²) in [6.07, 6.45) is 14.0. The molecular formula is C18H23N3O. The number of carbonyl (C=O) groups is 1. The van der Waals surface area contributed by atoms with E-state index in [1.54, 1.807) is 12.4 Å². The van der Waals surface area contributed by atoms with Gasteiger partial charge in [0.05, 0.1) is 0 Å². The van der Waals surface area contributed by atoms with Crippen molar-refractivity contribution in [1.82, 2.24) is 15.3 Å². The van der Waals surface area contributed by atoms with E-state index < -0.39 is 0 Å². The van der Waals surface area contributed by atoms with E-state index in [4.69, 9.17) is 0 Å². The topological polar surface area (TPSA) is 57.8 Å². The molecule has 2 N–H and O–H groups in total. The zero-order chi connectivity index (χ0) is 15.2. The molecule has 3 rings (SSSR count). The number of amides is 1. The summed E-state index contributed by atoms with van der Waals surface area (Å²) in [5.74, 6) is 0.000661. The van der Waals surface area contributed by atoms with Crippen molar-refractivity contribution in [3.63, 3.8) is 0 Å². The van der Waals surface area contributed by atoms with E-state index in [1.165, 1.54) is 32.1 Å². The van der Waals surface area contributed by atoms with E-state index in [0.29, 0.717) is 11.7 Å². The van der Waals surface area contributed by atoms with Crippen LogP contribution in [0.3, 0.4) is 0 Å². The second kappa shape index (κ2) is 7.25. The number of H-pyrrole nitrogens is 1. The molecule has 1 amide bonds. The van der Waals surface area contributed by atoms with Gasteiger partial charge < -0.3 is 10.3 Å². The molecule has 0 unspecified atom stereocenters. The first-order valence-electron chi connectivity index (χ1n) is 8.22. The zero-order valence-electron chi connectivity index (χ0n) is 12.8. The smallest absolute Gasteiger partial charge is 0.267 e. The largest absolute Gasteiger partial charge is 0.357 e. The molecule has 4 heteroatoms. The van der Waals surface area contributed by atoms with E-state index in [-0.39, 0.29) is 5.91 Å². The van der Waals surface area contributed by atoms with Gasteiger partial charge in [0.15, 0.2) is 0 Å². The second-order valence-electron chi connectivity index (χ2n) is 6.06. The minimum absolute atomic E-state index is 0.000661. The van der Waals surface area contributed by atoms with Crippen LogP contribution >= 0.6 is 0 Å². The number of aromatic nitrogens is 2. The van der Waals surface area contributed by atoms with E-state index in [9.17, 15) is 4.79 Å². The number of pyridine rings is 1. The lowest BCUT2D eigenvalue weighted by Gasteiger charge is -2.20. The van der Waals surface area contributed by atoms with Gasteiger partial charge in [0.25, 0.3) is 5.91 Å². The summed E-state index contributed by atoms with van der Waals surface area (Å²) in [6.45, 7) is 0. The molecule has 0 bridgehead atoms. The van der Waals surface area contributed by atoms with Crippen molar-refractivity contribution in [2.45, 2.75) is 51.0 Å². The molecule has 1 aliphatic carbocycles. The number of aromatic amines is 1. The third kappa shape index (κ3) is 3.75. The molecule has 1 fully saturated rings. The van der Waals surface area contributed by atoms with Crippen molar-refractivity contribution < 1.29 is 4.79 Å². The molecule has 2 heterocycles. The predicted octanol–water partition coefficient (Wildman–Crippen LogP) is 3.92. The highest BCUT2D eigenvalue weighted by atomic mass is 16.1. The monoisotopic (exact) mass is 297 g/mol. The summed E-state index contributed by atoms with van der Waals surface area (Å²) in [4.78, 5) is 19.6. The SMILES string of the molecule is O=C(NC1CCCCCCC1)c1cc(-c2cccnc2)c[nH]1. The first kappa shape index (κ1) is 14.8. The Bertz CT molecular complexity index is 598. The average molecular weight is 297 g/mol. The molecule has 0 radical (unpaired) electrons. The molecule has 1 aliphatic rings. The summed E-state index contributed by atoms with van der Waals surface area (Å²) in [7, 11) is 0. The Hall–Kier alpha value is -2.10. The van der Waals surface area contributed by atoms with Gasteiger partial charge in [-0.25, -0.2) is 0 Å². The van der Waals surface area contributed by atoms with Crippen LogP contribution in [0.15, 0.2) is 36.8 Å². The molecular weight excluding hydrogens is 274 g/mol. The maximum Gasteiger partial charge on any atom is 0.267 e. The lowest BCUT2D eigenvalue weighted by molar-refractivity contribution is 0.0926. The van der Waals surface area contributed by atoms with E-state index in [1.807, 2.05) is 24.4 Å². The molecule has 0 aromatic carbocycles. The van der Waals surface area contributed by atoms with Gasteiger partial charge in [-0.1, -0.05) is 38.2 Å². The first-order chi connectivity index (χ1) is 10.8. The van der Waals surface area contributed by atoms with Gasteiger partial charge in [0.1, 0.15) is 5.69 Å². The van der Waals surface area contributed by atoms with Crippen LogP contribution in [0.4, 0.5) is 0 Å². The van der Waals surface area contributed by atoms with Crippen molar-refractivity contribution in [1.29, 1.82) is 0 Å². The number of rotatable bonds is 3. The molecule has 0 saturated heterocycles. The molecule has 4 nitrogen and oxygen atoms in total. The average Bonchev–Trinajstić information content (AvgIpc) is 3.01. The standard InChI is InChI=1S/C18H23N3O/c22-18(21-16-8-4-2-1-3-5-9-16)17-11-15(13-20-17)14-7-6-10-19-12-14/h6-7,10-13,16,20H,1-5,8-9H2,(H,21,22). The lowest BCUT2D eigenvalue weighted by atomic mass is 9.96. The third-order valence-corrected chi connectivity index (χ3v) is 4.36. The van der Waals surface area contributed by atoms with Crippen molar-refractivity contribution >= 4 is 5.91 Å². The first-order valence-corrected chi connectivity index (χ1v) is 8.22. The minimum atomic E-state index is 0.000661. The summed E-state index contributed by atoms with van der Waals surface area (Å²) >= 11 is 0. The van der Waals surface area contributed by atoms with Crippen LogP contribution in [0.25, 0.3) is 11.1 Å². The Kier molecular flexibility index (Phi) is 4.88. The highest BCUT2D eigenvalue weighted by Gasteiger charge is 2.16.